The lowest BCUT2D eigenvalue weighted by Crippen LogP contribution is -2.51. The average molecular weight is 310 g/mol. The van der Waals surface area contributed by atoms with Crippen LogP contribution in [0.3, 0.4) is 0 Å². The Labute approximate surface area is 131 Å². The van der Waals surface area contributed by atoms with Gasteiger partial charge in [-0.2, -0.15) is 0 Å². The van der Waals surface area contributed by atoms with Gasteiger partial charge in [0.1, 0.15) is 0 Å². The summed E-state index contributed by atoms with van der Waals surface area (Å²) < 4.78 is 0. The molecule has 4 nitrogen and oxygen atoms in total. The zero-order valence-corrected chi connectivity index (χ0v) is 13.4. The lowest BCUT2D eigenvalue weighted by atomic mass is 9.96. The van der Waals surface area contributed by atoms with Crippen LogP contribution in [-0.4, -0.2) is 23.0 Å². The van der Waals surface area contributed by atoms with Crippen molar-refractivity contribution >= 4 is 29.2 Å². The van der Waals surface area contributed by atoms with E-state index in [1.807, 2.05) is 25.3 Å². The number of carbonyl (C=O) groups is 1. The average Bonchev–Trinajstić information content (AvgIpc) is 2.82. The summed E-state index contributed by atoms with van der Waals surface area (Å²) in [6.45, 7) is 4.43. The van der Waals surface area contributed by atoms with Gasteiger partial charge in [-0.3, -0.25) is 4.79 Å². The number of amides is 1. The molecule has 0 aliphatic rings. The van der Waals surface area contributed by atoms with E-state index in [1.165, 1.54) is 10.9 Å². The summed E-state index contributed by atoms with van der Waals surface area (Å²) in [5.41, 5.74) is 7.58. The molecule has 1 aromatic heterocycles. The highest BCUT2D eigenvalue weighted by Gasteiger charge is 2.26. The van der Waals surface area contributed by atoms with E-state index >= 15 is 0 Å². The van der Waals surface area contributed by atoms with Crippen molar-refractivity contribution in [3.63, 3.8) is 0 Å². The number of nitrogens with one attached hydrogen (secondary N) is 2. The molecule has 0 radical (unpaired) electrons. The molecule has 1 unspecified atom stereocenters. The van der Waals surface area contributed by atoms with Crippen molar-refractivity contribution in [1.82, 2.24) is 10.3 Å². The molecular weight excluding hydrogens is 286 g/mol. The normalized spacial score (nSPS) is 13.5. The number of para-hydroxylation sites is 1. The molecule has 0 aliphatic heterocycles. The monoisotopic (exact) mass is 309 g/mol. The van der Waals surface area contributed by atoms with Crippen molar-refractivity contribution in [2.24, 2.45) is 5.73 Å². The zero-order valence-electron chi connectivity index (χ0n) is 12.6. The predicted molar refractivity (Wildman–Crippen MR) is 89.8 cm³/mol. The fourth-order valence-corrected chi connectivity index (χ4v) is 2.48. The lowest BCUT2D eigenvalue weighted by Gasteiger charge is -2.22. The summed E-state index contributed by atoms with van der Waals surface area (Å²) in [7, 11) is 0. The van der Waals surface area contributed by atoms with Crippen molar-refractivity contribution in [1.29, 1.82) is 0 Å². The van der Waals surface area contributed by atoms with E-state index < -0.39 is 5.54 Å². The Bertz CT molecular complexity index is 592. The van der Waals surface area contributed by atoms with Crippen LogP contribution in [0.1, 0.15) is 32.3 Å². The molecule has 4 N–H and O–H groups in total. The van der Waals surface area contributed by atoms with E-state index in [0.29, 0.717) is 13.0 Å². The first-order chi connectivity index (χ1) is 9.54. The largest absolute Gasteiger partial charge is 0.361 e. The summed E-state index contributed by atoms with van der Waals surface area (Å²) in [4.78, 5) is 15.2. The maximum Gasteiger partial charge on any atom is 0.239 e. The van der Waals surface area contributed by atoms with Crippen LogP contribution in [0.5, 0.6) is 0 Å². The minimum absolute atomic E-state index is 0. The molecule has 116 valence electrons. The van der Waals surface area contributed by atoms with Gasteiger partial charge in [0.05, 0.1) is 5.54 Å². The Morgan fingerprint density at radius 1 is 1.38 bits per heavy atom. The Hall–Kier alpha value is -1.52. The lowest BCUT2D eigenvalue weighted by molar-refractivity contribution is -0.126. The number of aromatic amines is 1. The van der Waals surface area contributed by atoms with Crippen molar-refractivity contribution in [2.45, 2.75) is 38.6 Å². The second kappa shape index (κ2) is 7.48. The minimum atomic E-state index is -0.769. The van der Waals surface area contributed by atoms with E-state index in [0.717, 1.165) is 18.4 Å². The second-order valence-electron chi connectivity index (χ2n) is 5.53. The summed E-state index contributed by atoms with van der Waals surface area (Å²) in [6, 6.07) is 8.17. The van der Waals surface area contributed by atoms with Gasteiger partial charge in [-0.25, -0.2) is 0 Å². The molecule has 5 heteroatoms. The highest BCUT2D eigenvalue weighted by atomic mass is 35.5. The van der Waals surface area contributed by atoms with Crippen LogP contribution in [0.15, 0.2) is 30.5 Å². The van der Waals surface area contributed by atoms with E-state index in [2.05, 4.69) is 22.4 Å². The summed E-state index contributed by atoms with van der Waals surface area (Å²) in [5.74, 6) is -0.0702. The van der Waals surface area contributed by atoms with E-state index in [-0.39, 0.29) is 18.3 Å². The Kier molecular flexibility index (Phi) is 6.24. The van der Waals surface area contributed by atoms with Gasteiger partial charge in [0.15, 0.2) is 0 Å². The number of benzene rings is 1. The second-order valence-corrected chi connectivity index (χ2v) is 5.53. The number of H-pyrrole nitrogens is 1. The molecular formula is C16H24ClN3O. The third-order valence-corrected chi connectivity index (χ3v) is 3.64. The van der Waals surface area contributed by atoms with Crippen LogP contribution in [0.25, 0.3) is 10.9 Å². The van der Waals surface area contributed by atoms with Crippen LogP contribution in [-0.2, 0) is 11.2 Å². The number of rotatable bonds is 6. The summed E-state index contributed by atoms with van der Waals surface area (Å²) >= 11 is 0. The maximum absolute atomic E-state index is 12.0. The topological polar surface area (TPSA) is 70.9 Å². The molecule has 0 saturated heterocycles. The fraction of sp³-hybridized carbons (Fsp3) is 0.438. The number of aromatic nitrogens is 1. The molecule has 1 heterocycles. The van der Waals surface area contributed by atoms with Crippen molar-refractivity contribution < 1.29 is 4.79 Å². The van der Waals surface area contributed by atoms with Gasteiger partial charge in [0.25, 0.3) is 0 Å². The molecule has 0 aliphatic carbocycles. The van der Waals surface area contributed by atoms with Crippen molar-refractivity contribution in [3.8, 4) is 0 Å². The molecule has 0 saturated carbocycles. The smallest absolute Gasteiger partial charge is 0.239 e. The van der Waals surface area contributed by atoms with Gasteiger partial charge in [0, 0.05) is 23.6 Å². The van der Waals surface area contributed by atoms with Crippen LogP contribution in [0, 0.1) is 0 Å². The van der Waals surface area contributed by atoms with Gasteiger partial charge in [-0.1, -0.05) is 31.5 Å². The Morgan fingerprint density at radius 3 is 2.81 bits per heavy atom. The van der Waals surface area contributed by atoms with Crippen LogP contribution in [0.2, 0.25) is 0 Å². The molecule has 1 atom stereocenters. The van der Waals surface area contributed by atoms with Gasteiger partial charge in [-0.15, -0.1) is 12.4 Å². The van der Waals surface area contributed by atoms with Crippen LogP contribution >= 0.6 is 12.4 Å². The number of hydrogen-bond donors (Lipinski definition) is 3. The molecule has 2 rings (SSSR count). The SMILES string of the molecule is CCCC(C)(N)C(=O)NCCc1c[nH]c2ccccc12.Cl. The zero-order chi connectivity index (χ0) is 14.6. The molecule has 1 amide bonds. The number of carbonyl (C=O) groups excluding carboxylic acids is 1. The predicted octanol–water partition coefficient (Wildman–Crippen LogP) is 2.77. The first kappa shape index (κ1) is 17.5. The minimum Gasteiger partial charge on any atom is -0.361 e. The molecule has 0 bridgehead atoms. The third-order valence-electron chi connectivity index (χ3n) is 3.64. The standard InChI is InChI=1S/C16H23N3O.ClH/c1-3-9-16(2,17)15(20)18-10-8-12-11-19-14-7-5-4-6-13(12)14;/h4-7,11,19H,3,8-10,17H2,1-2H3,(H,18,20);1H. The summed E-state index contributed by atoms with van der Waals surface area (Å²) in [6.07, 6.45) is 4.41. The first-order valence-corrected chi connectivity index (χ1v) is 7.17. The van der Waals surface area contributed by atoms with Crippen molar-refractivity contribution in [2.75, 3.05) is 6.54 Å². The molecule has 0 spiro atoms. The van der Waals surface area contributed by atoms with E-state index in [1.54, 1.807) is 6.92 Å². The Balaban J connectivity index is 0.00000220. The van der Waals surface area contributed by atoms with E-state index in [9.17, 15) is 4.79 Å². The number of halogens is 1. The van der Waals surface area contributed by atoms with Crippen LogP contribution < -0.4 is 11.1 Å². The van der Waals surface area contributed by atoms with E-state index in [4.69, 9.17) is 5.73 Å². The Morgan fingerprint density at radius 2 is 2.10 bits per heavy atom. The third kappa shape index (κ3) is 4.22. The fourth-order valence-electron chi connectivity index (χ4n) is 2.48. The molecule has 1 aromatic carbocycles. The van der Waals surface area contributed by atoms with Crippen LogP contribution in [0.4, 0.5) is 0 Å². The quantitative estimate of drug-likeness (QED) is 0.768. The van der Waals surface area contributed by atoms with Gasteiger partial charge in [-0.05, 0) is 31.4 Å². The first-order valence-electron chi connectivity index (χ1n) is 7.17. The number of fused-ring (bicyclic) bond motifs is 1. The molecule has 0 fully saturated rings. The summed E-state index contributed by atoms with van der Waals surface area (Å²) in [5, 5.41) is 4.15. The van der Waals surface area contributed by atoms with Gasteiger partial charge < -0.3 is 16.0 Å². The maximum atomic E-state index is 12.0. The van der Waals surface area contributed by atoms with Gasteiger partial charge >= 0.3 is 0 Å². The highest BCUT2D eigenvalue weighted by Crippen LogP contribution is 2.17. The van der Waals surface area contributed by atoms with Crippen molar-refractivity contribution in [3.05, 3.63) is 36.0 Å². The number of nitrogens with two attached hydrogens (primary N) is 1. The highest BCUT2D eigenvalue weighted by molar-refractivity contribution is 5.86. The molecule has 2 aromatic rings. The number of hydrogen-bond acceptors (Lipinski definition) is 2. The molecule has 21 heavy (non-hydrogen) atoms. The van der Waals surface area contributed by atoms with Gasteiger partial charge in [0.2, 0.25) is 5.91 Å².